The van der Waals surface area contributed by atoms with Crippen molar-refractivity contribution >= 4 is 11.4 Å². The van der Waals surface area contributed by atoms with Crippen LogP contribution in [0.5, 0.6) is 0 Å². The highest BCUT2D eigenvalue weighted by atomic mass is 14.7. The minimum atomic E-state index is 0.798. The van der Waals surface area contributed by atoms with Crippen molar-refractivity contribution in [2.75, 3.05) is 0 Å². The second kappa shape index (κ2) is 5.26. The van der Waals surface area contributed by atoms with Crippen LogP contribution in [0.4, 0.5) is 0 Å². The second-order valence-corrected chi connectivity index (χ2v) is 3.88. The monoisotopic (exact) mass is 221 g/mol. The molecule has 0 saturated carbocycles. The van der Waals surface area contributed by atoms with Crippen LogP contribution in [0.15, 0.2) is 72.2 Å². The van der Waals surface area contributed by atoms with Crippen molar-refractivity contribution in [3.05, 3.63) is 78.4 Å². The summed E-state index contributed by atoms with van der Waals surface area (Å²) in [4.78, 5) is 4.54. The lowest BCUT2D eigenvalue weighted by Crippen LogP contribution is -1.94. The number of nitrogens with zero attached hydrogens (tertiary/aromatic N) is 1. The predicted molar refractivity (Wildman–Crippen MR) is 74.1 cm³/mol. The molecule has 0 spiro atoms. The van der Waals surface area contributed by atoms with Gasteiger partial charge in [0, 0.05) is 5.71 Å². The summed E-state index contributed by atoms with van der Waals surface area (Å²) in [6, 6.07) is 20.1. The summed E-state index contributed by atoms with van der Waals surface area (Å²) in [6.07, 6.45) is 0. The van der Waals surface area contributed by atoms with Gasteiger partial charge in [0.15, 0.2) is 0 Å². The van der Waals surface area contributed by atoms with Gasteiger partial charge in [0.25, 0.3) is 0 Å². The molecule has 0 aliphatic heterocycles. The zero-order chi connectivity index (χ0) is 12.1. The normalized spacial score (nSPS) is 11.2. The number of hydrogen-bond acceptors (Lipinski definition) is 1. The summed E-state index contributed by atoms with van der Waals surface area (Å²) in [5, 5.41) is 0. The number of rotatable bonds is 3. The van der Waals surface area contributed by atoms with Crippen molar-refractivity contribution in [3.63, 3.8) is 0 Å². The number of benzene rings is 2. The Kier molecular flexibility index (Phi) is 3.51. The van der Waals surface area contributed by atoms with Gasteiger partial charge in [-0.05, 0) is 18.1 Å². The Morgan fingerprint density at radius 3 is 1.82 bits per heavy atom. The summed E-state index contributed by atoms with van der Waals surface area (Å²) in [7, 11) is 0. The first-order valence-corrected chi connectivity index (χ1v) is 5.62. The molecule has 0 N–H and O–H groups in total. The van der Waals surface area contributed by atoms with Crippen molar-refractivity contribution < 1.29 is 0 Å². The third-order valence-corrected chi connectivity index (χ3v) is 2.60. The molecular formula is C16H15N. The van der Waals surface area contributed by atoms with Crippen molar-refractivity contribution in [1.29, 1.82) is 0 Å². The van der Waals surface area contributed by atoms with Gasteiger partial charge in [0.1, 0.15) is 0 Å². The molecule has 0 amide bonds. The minimum absolute atomic E-state index is 0.798. The Hall–Kier alpha value is -2.15. The van der Waals surface area contributed by atoms with Crippen molar-refractivity contribution in [3.8, 4) is 0 Å². The van der Waals surface area contributed by atoms with Gasteiger partial charge in [0.2, 0.25) is 0 Å². The highest BCUT2D eigenvalue weighted by Crippen LogP contribution is 2.14. The maximum Gasteiger partial charge on any atom is 0.0633 e. The second-order valence-electron chi connectivity index (χ2n) is 3.88. The SMILES string of the molecule is C=C(/N=C(\C)c1ccccc1)c1ccccc1. The van der Waals surface area contributed by atoms with E-state index in [1.165, 1.54) is 0 Å². The molecule has 0 fully saturated rings. The smallest absolute Gasteiger partial charge is 0.0633 e. The van der Waals surface area contributed by atoms with Gasteiger partial charge in [-0.1, -0.05) is 67.2 Å². The molecule has 0 bridgehead atoms. The van der Waals surface area contributed by atoms with Gasteiger partial charge in [-0.15, -0.1) is 0 Å². The summed E-state index contributed by atoms with van der Waals surface area (Å²) in [5.41, 5.74) is 3.97. The Morgan fingerprint density at radius 2 is 1.29 bits per heavy atom. The summed E-state index contributed by atoms with van der Waals surface area (Å²) >= 11 is 0. The van der Waals surface area contributed by atoms with E-state index in [0.29, 0.717) is 0 Å². The van der Waals surface area contributed by atoms with E-state index in [2.05, 4.69) is 23.7 Å². The molecule has 0 aromatic heterocycles. The quantitative estimate of drug-likeness (QED) is 0.690. The standard InChI is InChI=1S/C16H15N/c1-13(15-9-5-3-6-10-15)17-14(2)16-11-7-4-8-12-16/h3-12H,1H2,2H3/b17-14+. The average molecular weight is 221 g/mol. The van der Waals surface area contributed by atoms with Gasteiger partial charge in [-0.3, -0.25) is 4.99 Å². The van der Waals surface area contributed by atoms with E-state index in [1.54, 1.807) is 0 Å². The highest BCUT2D eigenvalue weighted by Gasteiger charge is 1.99. The van der Waals surface area contributed by atoms with E-state index >= 15 is 0 Å². The lowest BCUT2D eigenvalue weighted by Gasteiger charge is -2.03. The summed E-state index contributed by atoms with van der Waals surface area (Å²) in [6.45, 7) is 6.01. The topological polar surface area (TPSA) is 12.4 Å². The summed E-state index contributed by atoms with van der Waals surface area (Å²) < 4.78 is 0. The Balaban J connectivity index is 2.24. The van der Waals surface area contributed by atoms with Crippen LogP contribution in [0.25, 0.3) is 5.70 Å². The van der Waals surface area contributed by atoms with E-state index in [-0.39, 0.29) is 0 Å². The van der Waals surface area contributed by atoms with Crippen molar-refractivity contribution in [2.45, 2.75) is 6.92 Å². The average Bonchev–Trinajstić information content (AvgIpc) is 2.40. The van der Waals surface area contributed by atoms with Gasteiger partial charge in [-0.2, -0.15) is 0 Å². The zero-order valence-corrected chi connectivity index (χ0v) is 9.93. The largest absolute Gasteiger partial charge is 0.253 e. The maximum absolute atomic E-state index is 4.54. The van der Waals surface area contributed by atoms with E-state index in [4.69, 9.17) is 0 Å². The fourth-order valence-corrected chi connectivity index (χ4v) is 1.64. The summed E-state index contributed by atoms with van der Waals surface area (Å²) in [5.74, 6) is 0. The zero-order valence-electron chi connectivity index (χ0n) is 9.93. The van der Waals surface area contributed by atoms with E-state index in [0.717, 1.165) is 22.5 Å². The molecule has 0 unspecified atom stereocenters. The van der Waals surface area contributed by atoms with E-state index < -0.39 is 0 Å². The third kappa shape index (κ3) is 2.91. The molecule has 2 rings (SSSR count). The van der Waals surface area contributed by atoms with Gasteiger partial charge >= 0.3 is 0 Å². The van der Waals surface area contributed by atoms with E-state index in [1.807, 2.05) is 55.5 Å². The molecule has 17 heavy (non-hydrogen) atoms. The van der Waals surface area contributed by atoms with Gasteiger partial charge in [0.05, 0.1) is 5.70 Å². The fourth-order valence-electron chi connectivity index (χ4n) is 1.64. The van der Waals surface area contributed by atoms with Crippen LogP contribution in [0.1, 0.15) is 18.1 Å². The Morgan fingerprint density at radius 1 is 0.824 bits per heavy atom. The molecule has 0 aliphatic rings. The molecule has 2 aromatic rings. The first-order valence-electron chi connectivity index (χ1n) is 5.62. The molecule has 0 radical (unpaired) electrons. The lowest BCUT2D eigenvalue weighted by atomic mass is 10.1. The molecule has 1 heteroatoms. The number of aliphatic imine (C=N–C) groups is 1. The Bertz CT molecular complexity index is 524. The molecule has 84 valence electrons. The van der Waals surface area contributed by atoms with Crippen LogP contribution in [0, 0.1) is 0 Å². The first kappa shape index (κ1) is 11.3. The van der Waals surface area contributed by atoms with Crippen LogP contribution in [-0.2, 0) is 0 Å². The minimum Gasteiger partial charge on any atom is -0.253 e. The van der Waals surface area contributed by atoms with Crippen molar-refractivity contribution in [1.82, 2.24) is 0 Å². The van der Waals surface area contributed by atoms with Crippen molar-refractivity contribution in [2.24, 2.45) is 4.99 Å². The van der Waals surface area contributed by atoms with Crippen LogP contribution in [0.2, 0.25) is 0 Å². The molecular weight excluding hydrogens is 206 g/mol. The van der Waals surface area contributed by atoms with Crippen LogP contribution < -0.4 is 0 Å². The van der Waals surface area contributed by atoms with Crippen LogP contribution in [-0.4, -0.2) is 5.71 Å². The van der Waals surface area contributed by atoms with Crippen LogP contribution in [0.3, 0.4) is 0 Å². The molecule has 0 heterocycles. The molecule has 0 aliphatic carbocycles. The molecule has 0 atom stereocenters. The molecule has 1 nitrogen and oxygen atoms in total. The van der Waals surface area contributed by atoms with Gasteiger partial charge in [-0.25, -0.2) is 0 Å². The predicted octanol–water partition coefficient (Wildman–Crippen LogP) is 4.17. The third-order valence-electron chi connectivity index (χ3n) is 2.60. The molecule has 2 aromatic carbocycles. The Labute approximate surface area is 102 Å². The van der Waals surface area contributed by atoms with Gasteiger partial charge < -0.3 is 0 Å². The molecule has 0 saturated heterocycles. The lowest BCUT2D eigenvalue weighted by molar-refractivity contribution is 1.48. The van der Waals surface area contributed by atoms with E-state index in [9.17, 15) is 0 Å². The number of hydrogen-bond donors (Lipinski definition) is 0. The fraction of sp³-hybridized carbons (Fsp3) is 0.0625. The first-order chi connectivity index (χ1) is 8.27. The van der Waals surface area contributed by atoms with Crippen LogP contribution >= 0.6 is 0 Å². The highest BCUT2D eigenvalue weighted by molar-refractivity contribution is 6.01. The maximum atomic E-state index is 4.54.